The van der Waals surface area contributed by atoms with E-state index < -0.39 is 23.1 Å². The van der Waals surface area contributed by atoms with Crippen LogP contribution in [-0.2, 0) is 25.5 Å². The molecule has 0 radical (unpaired) electrons. The lowest BCUT2D eigenvalue weighted by Gasteiger charge is -2.56. The van der Waals surface area contributed by atoms with Gasteiger partial charge < -0.3 is 14.4 Å². The number of para-hydroxylation sites is 1. The fraction of sp³-hybridized carbons (Fsp3) is 0.600. The van der Waals surface area contributed by atoms with Crippen molar-refractivity contribution in [3.05, 3.63) is 29.8 Å². The highest BCUT2D eigenvalue weighted by atomic mass is 16.7. The predicted octanol–water partition coefficient (Wildman–Crippen LogP) is 2.92. The number of piperidine rings is 1. The fourth-order valence-corrected chi connectivity index (χ4v) is 5.06. The Morgan fingerprint density at radius 3 is 2.40 bits per heavy atom. The van der Waals surface area contributed by atoms with Crippen LogP contribution in [0.1, 0.15) is 39.7 Å². The molecule has 3 aliphatic rings. The lowest BCUT2D eigenvalue weighted by molar-refractivity contribution is -0.254. The van der Waals surface area contributed by atoms with Crippen LogP contribution in [0.15, 0.2) is 24.3 Å². The molecule has 5 heteroatoms. The number of benzene rings is 1. The summed E-state index contributed by atoms with van der Waals surface area (Å²) in [6.45, 7) is 8.39. The summed E-state index contributed by atoms with van der Waals surface area (Å²) in [6, 6.07) is 7.82. The van der Waals surface area contributed by atoms with Gasteiger partial charge in [0.05, 0.1) is 6.04 Å². The number of esters is 2. The van der Waals surface area contributed by atoms with Crippen molar-refractivity contribution in [1.82, 2.24) is 0 Å². The fourth-order valence-electron chi connectivity index (χ4n) is 5.06. The molecule has 3 heterocycles. The summed E-state index contributed by atoms with van der Waals surface area (Å²) >= 11 is 0. The van der Waals surface area contributed by atoms with Crippen LogP contribution in [0.4, 0.5) is 5.69 Å². The molecular weight excluding hydrogens is 318 g/mol. The van der Waals surface area contributed by atoms with Crippen LogP contribution in [-0.4, -0.2) is 30.3 Å². The molecular formula is C20H25NO4. The Morgan fingerprint density at radius 1 is 1.08 bits per heavy atom. The second-order valence-electron chi connectivity index (χ2n) is 8.37. The number of carbonyl (C=O) groups is 2. The molecule has 0 amide bonds. The van der Waals surface area contributed by atoms with Crippen molar-refractivity contribution in [3.63, 3.8) is 0 Å². The van der Waals surface area contributed by atoms with Crippen molar-refractivity contribution < 1.29 is 19.1 Å². The lowest BCUT2D eigenvalue weighted by Crippen LogP contribution is -2.69. The number of hydrogen-bond donors (Lipinski definition) is 0. The maximum Gasteiger partial charge on any atom is 0.329 e. The van der Waals surface area contributed by atoms with Gasteiger partial charge in [0.15, 0.2) is 5.41 Å². The number of anilines is 1. The van der Waals surface area contributed by atoms with E-state index in [1.807, 2.05) is 18.2 Å². The standard InChI is InChI=1S/C20H25NO4/c1-12-9-13(2)16-20(17(22)24-19(3,4)25-18(20)23)10-14-7-5-6-8-15(14)21(16)11-12/h5-8,12-13,16H,9-11H2,1-4H3/t12-,13-,16-/m1/s1. The molecule has 1 aromatic rings. The number of ether oxygens (including phenoxy) is 2. The van der Waals surface area contributed by atoms with Gasteiger partial charge in [-0.15, -0.1) is 0 Å². The summed E-state index contributed by atoms with van der Waals surface area (Å²) in [5.74, 6) is -1.40. The van der Waals surface area contributed by atoms with E-state index in [1.165, 1.54) is 0 Å². The van der Waals surface area contributed by atoms with Crippen LogP contribution in [0.2, 0.25) is 0 Å². The van der Waals surface area contributed by atoms with Gasteiger partial charge in [-0.25, -0.2) is 0 Å². The summed E-state index contributed by atoms with van der Waals surface area (Å²) in [5.41, 5.74) is 0.860. The van der Waals surface area contributed by atoms with E-state index in [4.69, 9.17) is 9.47 Å². The van der Waals surface area contributed by atoms with Crippen molar-refractivity contribution in [3.8, 4) is 0 Å². The van der Waals surface area contributed by atoms with Crippen LogP contribution in [0.5, 0.6) is 0 Å². The number of hydrogen-bond acceptors (Lipinski definition) is 5. The summed E-state index contributed by atoms with van der Waals surface area (Å²) in [6.07, 6.45) is 1.33. The molecule has 5 nitrogen and oxygen atoms in total. The molecule has 25 heavy (non-hydrogen) atoms. The first kappa shape index (κ1) is 16.4. The quantitative estimate of drug-likeness (QED) is 0.535. The minimum Gasteiger partial charge on any atom is -0.422 e. The van der Waals surface area contributed by atoms with Gasteiger partial charge in [0, 0.05) is 32.5 Å². The Balaban J connectivity index is 1.89. The third kappa shape index (κ3) is 2.28. The number of rotatable bonds is 0. The average molecular weight is 343 g/mol. The van der Waals surface area contributed by atoms with Crippen molar-refractivity contribution in [2.45, 2.75) is 52.4 Å². The third-order valence-electron chi connectivity index (χ3n) is 5.84. The zero-order valence-corrected chi connectivity index (χ0v) is 15.2. The molecule has 0 aliphatic carbocycles. The van der Waals surface area contributed by atoms with E-state index in [0.29, 0.717) is 12.3 Å². The zero-order valence-electron chi connectivity index (χ0n) is 15.2. The molecule has 0 saturated carbocycles. The van der Waals surface area contributed by atoms with Gasteiger partial charge in [0.25, 0.3) is 5.79 Å². The van der Waals surface area contributed by atoms with Gasteiger partial charge in [-0.3, -0.25) is 9.59 Å². The highest BCUT2D eigenvalue weighted by molar-refractivity contribution is 6.04. The minimum absolute atomic E-state index is 0.193. The number of fused-ring (bicyclic) bond motifs is 4. The Labute approximate surface area is 148 Å². The van der Waals surface area contributed by atoms with E-state index in [9.17, 15) is 9.59 Å². The molecule has 2 fully saturated rings. The number of cyclic esters (lactones) is 2. The molecule has 2 saturated heterocycles. The molecule has 3 atom stereocenters. The summed E-state index contributed by atoms with van der Waals surface area (Å²) in [5, 5.41) is 0. The number of nitrogens with zero attached hydrogens (tertiary/aromatic N) is 1. The molecule has 0 aromatic heterocycles. The second-order valence-corrected chi connectivity index (χ2v) is 8.37. The van der Waals surface area contributed by atoms with Gasteiger partial charge in [0.1, 0.15) is 0 Å². The molecule has 4 rings (SSSR count). The maximum absolute atomic E-state index is 13.1. The van der Waals surface area contributed by atoms with Gasteiger partial charge in [-0.1, -0.05) is 32.0 Å². The van der Waals surface area contributed by atoms with Gasteiger partial charge in [-0.05, 0) is 29.9 Å². The first-order valence-electron chi connectivity index (χ1n) is 9.06. The van der Waals surface area contributed by atoms with Crippen LogP contribution < -0.4 is 4.90 Å². The summed E-state index contributed by atoms with van der Waals surface area (Å²) in [4.78, 5) is 28.5. The second kappa shape index (κ2) is 5.23. The third-order valence-corrected chi connectivity index (χ3v) is 5.84. The molecule has 1 spiro atoms. The topological polar surface area (TPSA) is 55.8 Å². The monoisotopic (exact) mass is 343 g/mol. The van der Waals surface area contributed by atoms with Crippen LogP contribution >= 0.6 is 0 Å². The smallest absolute Gasteiger partial charge is 0.329 e. The molecule has 0 N–H and O–H groups in total. The summed E-state index contributed by atoms with van der Waals surface area (Å²) < 4.78 is 11.1. The van der Waals surface area contributed by atoms with Crippen molar-refractivity contribution >= 4 is 17.6 Å². The van der Waals surface area contributed by atoms with E-state index >= 15 is 0 Å². The molecule has 3 aliphatic heterocycles. The zero-order chi connectivity index (χ0) is 18.0. The van der Waals surface area contributed by atoms with Gasteiger partial charge in [-0.2, -0.15) is 0 Å². The SMILES string of the molecule is C[C@@H]1C[C@@H](C)[C@H]2N(C1)c1ccccc1CC21C(=O)OC(C)(C)OC1=O. The van der Waals surface area contributed by atoms with E-state index in [1.54, 1.807) is 13.8 Å². The van der Waals surface area contributed by atoms with Crippen molar-refractivity contribution in [1.29, 1.82) is 0 Å². The van der Waals surface area contributed by atoms with Crippen molar-refractivity contribution in [2.24, 2.45) is 17.3 Å². The Morgan fingerprint density at radius 2 is 1.72 bits per heavy atom. The normalized spacial score (nSPS) is 32.5. The Hall–Kier alpha value is -2.04. The molecule has 134 valence electrons. The van der Waals surface area contributed by atoms with E-state index in [-0.39, 0.29) is 12.0 Å². The van der Waals surface area contributed by atoms with E-state index in [2.05, 4.69) is 24.8 Å². The first-order valence-corrected chi connectivity index (χ1v) is 9.06. The van der Waals surface area contributed by atoms with Crippen LogP contribution in [0.3, 0.4) is 0 Å². The molecule has 0 unspecified atom stereocenters. The van der Waals surface area contributed by atoms with Crippen LogP contribution in [0, 0.1) is 17.3 Å². The lowest BCUT2D eigenvalue weighted by atomic mass is 9.63. The largest absolute Gasteiger partial charge is 0.422 e. The summed E-state index contributed by atoms with van der Waals surface area (Å²) in [7, 11) is 0. The average Bonchev–Trinajstić information content (AvgIpc) is 2.51. The Kier molecular flexibility index (Phi) is 3.44. The molecule has 0 bridgehead atoms. The predicted molar refractivity (Wildman–Crippen MR) is 92.9 cm³/mol. The highest BCUT2D eigenvalue weighted by Gasteiger charge is 2.65. The van der Waals surface area contributed by atoms with Crippen molar-refractivity contribution in [2.75, 3.05) is 11.4 Å². The van der Waals surface area contributed by atoms with Gasteiger partial charge >= 0.3 is 11.9 Å². The number of carbonyl (C=O) groups excluding carboxylic acids is 2. The van der Waals surface area contributed by atoms with E-state index in [0.717, 1.165) is 24.2 Å². The maximum atomic E-state index is 13.1. The first-order chi connectivity index (χ1) is 11.7. The van der Waals surface area contributed by atoms with Crippen LogP contribution in [0.25, 0.3) is 0 Å². The van der Waals surface area contributed by atoms with Gasteiger partial charge in [0.2, 0.25) is 0 Å². The Bertz CT molecular complexity index is 721. The minimum atomic E-state index is -1.27. The molecule has 1 aromatic carbocycles. The highest BCUT2D eigenvalue weighted by Crippen LogP contribution is 2.51.